The summed E-state index contributed by atoms with van der Waals surface area (Å²) >= 11 is 0. The van der Waals surface area contributed by atoms with Crippen LogP contribution in [0.1, 0.15) is 11.4 Å². The first-order valence-electron chi connectivity index (χ1n) is 6.44. The number of imidazole rings is 1. The van der Waals surface area contributed by atoms with Gasteiger partial charge in [0.25, 0.3) is 0 Å². The molecule has 1 heterocycles. The Morgan fingerprint density at radius 3 is 2.80 bits per heavy atom. The van der Waals surface area contributed by atoms with Crippen molar-refractivity contribution in [3.8, 4) is 5.75 Å². The van der Waals surface area contributed by atoms with Crippen molar-refractivity contribution < 1.29 is 9.90 Å². The molecule has 0 unspecified atom stereocenters. The van der Waals surface area contributed by atoms with E-state index in [9.17, 15) is 9.90 Å². The van der Waals surface area contributed by atoms with E-state index < -0.39 is 6.04 Å². The molecule has 0 radical (unpaired) electrons. The quantitative estimate of drug-likeness (QED) is 0.610. The van der Waals surface area contributed by atoms with Gasteiger partial charge in [0.05, 0.1) is 6.04 Å². The molecule has 1 atom stereocenters. The molecule has 0 aliphatic rings. The minimum absolute atomic E-state index is 0.190. The average Bonchev–Trinajstić information content (AvgIpc) is 2.94. The molecule has 6 nitrogen and oxygen atoms in total. The molecule has 0 spiro atoms. The van der Waals surface area contributed by atoms with Crippen LogP contribution in [0.2, 0.25) is 0 Å². The lowest BCUT2D eigenvalue weighted by Gasteiger charge is -2.12. The van der Waals surface area contributed by atoms with Gasteiger partial charge in [0.2, 0.25) is 5.91 Å². The summed E-state index contributed by atoms with van der Waals surface area (Å²) in [7, 11) is 0. The average molecular weight is 274 g/mol. The molecule has 1 aromatic carbocycles. The summed E-state index contributed by atoms with van der Waals surface area (Å²) in [6.45, 7) is 0.496. The van der Waals surface area contributed by atoms with E-state index in [4.69, 9.17) is 5.73 Å². The number of H-pyrrole nitrogens is 1. The number of phenolic OH excluding ortho intramolecular Hbond substituents is 1. The molecule has 0 aliphatic carbocycles. The first kappa shape index (κ1) is 14.1. The zero-order valence-corrected chi connectivity index (χ0v) is 11.0. The highest BCUT2D eigenvalue weighted by atomic mass is 16.3. The van der Waals surface area contributed by atoms with Gasteiger partial charge in [0.15, 0.2) is 0 Å². The van der Waals surface area contributed by atoms with Crippen LogP contribution in [0, 0.1) is 0 Å². The molecule has 0 saturated carbocycles. The van der Waals surface area contributed by atoms with E-state index in [1.54, 1.807) is 36.7 Å². The molecule has 1 amide bonds. The molecule has 0 bridgehead atoms. The molecule has 2 rings (SSSR count). The van der Waals surface area contributed by atoms with Crippen LogP contribution < -0.4 is 11.1 Å². The number of nitrogens with two attached hydrogens (primary N) is 1. The Morgan fingerprint density at radius 1 is 1.40 bits per heavy atom. The summed E-state index contributed by atoms with van der Waals surface area (Å²) in [5.41, 5.74) is 6.76. The number of carbonyl (C=O) groups is 1. The maximum atomic E-state index is 11.8. The standard InChI is InChI=1S/C14H18N4O2/c15-12(9-10-1-3-11(19)4-2-10)14(20)18-6-5-13-16-7-8-17-13/h1-4,7-8,12,19H,5-6,9,15H2,(H,16,17)(H,18,20)/t12-/m1/s1. The van der Waals surface area contributed by atoms with Gasteiger partial charge in [-0.15, -0.1) is 0 Å². The van der Waals surface area contributed by atoms with Crippen LogP contribution in [0.5, 0.6) is 5.75 Å². The van der Waals surface area contributed by atoms with Crippen molar-refractivity contribution in [1.29, 1.82) is 0 Å². The molecule has 0 saturated heterocycles. The van der Waals surface area contributed by atoms with Gasteiger partial charge in [-0.05, 0) is 24.1 Å². The number of aromatic nitrogens is 2. The van der Waals surface area contributed by atoms with Gasteiger partial charge in [-0.25, -0.2) is 4.98 Å². The van der Waals surface area contributed by atoms with Crippen LogP contribution in [-0.2, 0) is 17.6 Å². The second-order valence-corrected chi connectivity index (χ2v) is 4.55. The lowest BCUT2D eigenvalue weighted by molar-refractivity contribution is -0.122. The van der Waals surface area contributed by atoms with Crippen LogP contribution in [0.3, 0.4) is 0 Å². The monoisotopic (exact) mass is 274 g/mol. The Balaban J connectivity index is 1.75. The molecular weight excluding hydrogens is 256 g/mol. The highest BCUT2D eigenvalue weighted by Gasteiger charge is 2.13. The highest BCUT2D eigenvalue weighted by Crippen LogP contribution is 2.10. The van der Waals surface area contributed by atoms with Crippen molar-refractivity contribution in [3.63, 3.8) is 0 Å². The van der Waals surface area contributed by atoms with E-state index in [1.165, 1.54) is 0 Å². The van der Waals surface area contributed by atoms with E-state index in [-0.39, 0.29) is 11.7 Å². The number of hydrogen-bond acceptors (Lipinski definition) is 4. The zero-order valence-electron chi connectivity index (χ0n) is 11.0. The number of nitrogens with one attached hydrogen (secondary N) is 2. The zero-order chi connectivity index (χ0) is 14.4. The smallest absolute Gasteiger partial charge is 0.237 e. The number of aromatic hydroxyl groups is 1. The first-order valence-corrected chi connectivity index (χ1v) is 6.44. The predicted molar refractivity (Wildman–Crippen MR) is 75.1 cm³/mol. The summed E-state index contributed by atoms with van der Waals surface area (Å²) in [4.78, 5) is 18.9. The molecule has 0 aliphatic heterocycles. The van der Waals surface area contributed by atoms with E-state index >= 15 is 0 Å². The van der Waals surface area contributed by atoms with E-state index in [0.717, 1.165) is 11.4 Å². The summed E-state index contributed by atoms with van der Waals surface area (Å²) in [6.07, 6.45) is 4.50. The largest absolute Gasteiger partial charge is 0.508 e. The molecule has 5 N–H and O–H groups in total. The molecular formula is C14H18N4O2. The SMILES string of the molecule is N[C@H](Cc1ccc(O)cc1)C(=O)NCCc1ncc[nH]1. The van der Waals surface area contributed by atoms with Gasteiger partial charge >= 0.3 is 0 Å². The number of rotatable bonds is 6. The van der Waals surface area contributed by atoms with Gasteiger partial charge in [-0.1, -0.05) is 12.1 Å². The van der Waals surface area contributed by atoms with Crippen molar-refractivity contribution in [2.24, 2.45) is 5.73 Å². The Kier molecular flexibility index (Phi) is 4.73. The van der Waals surface area contributed by atoms with Crippen molar-refractivity contribution in [1.82, 2.24) is 15.3 Å². The van der Waals surface area contributed by atoms with Gasteiger partial charge in [-0.3, -0.25) is 4.79 Å². The van der Waals surface area contributed by atoms with Crippen LogP contribution in [0.15, 0.2) is 36.7 Å². The third kappa shape index (κ3) is 4.10. The van der Waals surface area contributed by atoms with Crippen LogP contribution in [-0.4, -0.2) is 33.6 Å². The van der Waals surface area contributed by atoms with Gasteiger partial charge < -0.3 is 21.1 Å². The van der Waals surface area contributed by atoms with Crippen molar-refractivity contribution in [2.45, 2.75) is 18.9 Å². The van der Waals surface area contributed by atoms with Gasteiger partial charge in [0.1, 0.15) is 11.6 Å². The Morgan fingerprint density at radius 2 is 2.15 bits per heavy atom. The lowest BCUT2D eigenvalue weighted by Crippen LogP contribution is -2.42. The van der Waals surface area contributed by atoms with Crippen LogP contribution in [0.4, 0.5) is 0 Å². The van der Waals surface area contributed by atoms with Crippen molar-refractivity contribution in [2.75, 3.05) is 6.54 Å². The number of hydrogen-bond donors (Lipinski definition) is 4. The number of carbonyl (C=O) groups excluding carboxylic acids is 1. The summed E-state index contributed by atoms with van der Waals surface area (Å²) in [6, 6.07) is 6.07. The summed E-state index contributed by atoms with van der Waals surface area (Å²) in [5.74, 6) is 0.840. The number of aromatic amines is 1. The normalized spacial score (nSPS) is 12.1. The molecule has 106 valence electrons. The van der Waals surface area contributed by atoms with Gasteiger partial charge in [0, 0.05) is 25.4 Å². The first-order chi connectivity index (χ1) is 9.65. The van der Waals surface area contributed by atoms with Crippen molar-refractivity contribution >= 4 is 5.91 Å². The summed E-state index contributed by atoms with van der Waals surface area (Å²) < 4.78 is 0. The Bertz CT molecular complexity index is 537. The third-order valence-electron chi connectivity index (χ3n) is 2.94. The molecule has 20 heavy (non-hydrogen) atoms. The topological polar surface area (TPSA) is 104 Å². The minimum atomic E-state index is -0.601. The van der Waals surface area contributed by atoms with E-state index in [1.807, 2.05) is 0 Å². The highest BCUT2D eigenvalue weighted by molar-refractivity contribution is 5.81. The summed E-state index contributed by atoms with van der Waals surface area (Å²) in [5, 5.41) is 12.0. The van der Waals surface area contributed by atoms with Crippen LogP contribution in [0.25, 0.3) is 0 Å². The third-order valence-corrected chi connectivity index (χ3v) is 2.94. The maximum absolute atomic E-state index is 11.8. The second-order valence-electron chi connectivity index (χ2n) is 4.55. The van der Waals surface area contributed by atoms with E-state index in [2.05, 4.69) is 15.3 Å². The maximum Gasteiger partial charge on any atom is 0.237 e. The number of amides is 1. The van der Waals surface area contributed by atoms with Crippen molar-refractivity contribution in [3.05, 3.63) is 48.0 Å². The van der Waals surface area contributed by atoms with Gasteiger partial charge in [-0.2, -0.15) is 0 Å². The fraction of sp³-hybridized carbons (Fsp3) is 0.286. The lowest BCUT2D eigenvalue weighted by atomic mass is 10.1. The fourth-order valence-corrected chi connectivity index (χ4v) is 1.85. The van der Waals surface area contributed by atoms with E-state index in [0.29, 0.717) is 19.4 Å². The minimum Gasteiger partial charge on any atom is -0.508 e. The molecule has 6 heteroatoms. The predicted octanol–water partition coefficient (Wildman–Crippen LogP) is 0.344. The van der Waals surface area contributed by atoms with Crippen LogP contribution >= 0.6 is 0 Å². The molecule has 1 aromatic heterocycles. The number of phenols is 1. The Hall–Kier alpha value is -2.34. The molecule has 0 fully saturated rings. The number of benzene rings is 1. The fourth-order valence-electron chi connectivity index (χ4n) is 1.85. The molecule has 2 aromatic rings. The number of nitrogens with zero attached hydrogens (tertiary/aromatic N) is 1. The Labute approximate surface area is 117 Å². The second kappa shape index (κ2) is 6.72.